The Morgan fingerprint density at radius 2 is 2.27 bits per heavy atom. The number of nitrogens with two attached hydrogens (primary N) is 1. The lowest BCUT2D eigenvalue weighted by atomic mass is 10.2. The largest absolute Gasteiger partial charge is 0.370 e. The van der Waals surface area contributed by atoms with Crippen LogP contribution in [-0.4, -0.2) is 17.9 Å². The minimum absolute atomic E-state index is 0.151. The summed E-state index contributed by atoms with van der Waals surface area (Å²) in [5.74, 6) is -0.602. The zero-order chi connectivity index (χ0) is 11.4. The van der Waals surface area contributed by atoms with Gasteiger partial charge in [-0.3, -0.25) is 9.59 Å². The van der Waals surface area contributed by atoms with Gasteiger partial charge in [0.1, 0.15) is 0 Å². The van der Waals surface area contributed by atoms with Gasteiger partial charge < -0.3 is 11.1 Å². The van der Waals surface area contributed by atoms with Crippen molar-refractivity contribution < 1.29 is 9.59 Å². The third-order valence-corrected chi connectivity index (χ3v) is 3.30. The van der Waals surface area contributed by atoms with Crippen molar-refractivity contribution in [1.29, 1.82) is 0 Å². The van der Waals surface area contributed by atoms with E-state index in [0.29, 0.717) is 4.88 Å². The van der Waals surface area contributed by atoms with Gasteiger partial charge in [0.15, 0.2) is 0 Å². The number of carbonyl (C=O) groups is 2. The first-order chi connectivity index (χ1) is 6.99. The maximum atomic E-state index is 11.6. The molecule has 3 N–H and O–H groups in total. The van der Waals surface area contributed by atoms with Crippen LogP contribution in [0.2, 0.25) is 0 Å². The highest BCUT2D eigenvalue weighted by atomic mass is 79.9. The number of amides is 2. The molecule has 0 saturated heterocycles. The molecule has 0 bridgehead atoms. The monoisotopic (exact) mass is 290 g/mol. The average molecular weight is 291 g/mol. The standard InChI is InChI=1S/C9H11BrN2O2S/c1-5(4-8(11)13)12-9(14)6-2-3-7(10)15-6/h2-3,5H,4H2,1H3,(H2,11,13)(H,12,14). The van der Waals surface area contributed by atoms with Crippen LogP contribution in [0.15, 0.2) is 15.9 Å². The summed E-state index contributed by atoms with van der Waals surface area (Å²) in [5.41, 5.74) is 5.02. The van der Waals surface area contributed by atoms with Crippen molar-refractivity contribution in [1.82, 2.24) is 5.32 Å². The zero-order valence-electron chi connectivity index (χ0n) is 8.12. The fourth-order valence-electron chi connectivity index (χ4n) is 1.08. The van der Waals surface area contributed by atoms with Crippen molar-refractivity contribution in [2.24, 2.45) is 5.73 Å². The van der Waals surface area contributed by atoms with Gasteiger partial charge in [-0.15, -0.1) is 11.3 Å². The zero-order valence-corrected chi connectivity index (χ0v) is 10.5. The first-order valence-corrected chi connectivity index (χ1v) is 5.94. The summed E-state index contributed by atoms with van der Waals surface area (Å²) in [6.45, 7) is 1.74. The molecular weight excluding hydrogens is 280 g/mol. The Bertz CT molecular complexity index is 378. The molecule has 1 rings (SSSR count). The summed E-state index contributed by atoms with van der Waals surface area (Å²) in [4.78, 5) is 22.8. The summed E-state index contributed by atoms with van der Waals surface area (Å²) in [6.07, 6.45) is 0.151. The molecule has 1 atom stereocenters. The van der Waals surface area contributed by atoms with E-state index < -0.39 is 5.91 Å². The molecule has 0 aliphatic carbocycles. The minimum atomic E-state index is -0.421. The first kappa shape index (κ1) is 12.2. The van der Waals surface area contributed by atoms with E-state index in [2.05, 4.69) is 21.2 Å². The van der Waals surface area contributed by atoms with Gasteiger partial charge in [0, 0.05) is 12.5 Å². The number of thiophene rings is 1. The van der Waals surface area contributed by atoms with Crippen molar-refractivity contribution >= 4 is 39.1 Å². The molecule has 0 aliphatic rings. The lowest BCUT2D eigenvalue weighted by Crippen LogP contribution is -2.35. The Morgan fingerprint density at radius 3 is 2.73 bits per heavy atom. The normalized spacial score (nSPS) is 12.1. The highest BCUT2D eigenvalue weighted by molar-refractivity contribution is 9.11. The summed E-state index contributed by atoms with van der Waals surface area (Å²) in [5, 5.41) is 2.69. The number of primary amides is 1. The van der Waals surface area contributed by atoms with Crippen molar-refractivity contribution in [3.8, 4) is 0 Å². The predicted octanol–water partition coefficient (Wildman–Crippen LogP) is 1.50. The second-order valence-corrected chi connectivity index (χ2v) is 5.61. The fraction of sp³-hybridized carbons (Fsp3) is 0.333. The summed E-state index contributed by atoms with van der Waals surface area (Å²) in [7, 11) is 0. The summed E-state index contributed by atoms with van der Waals surface area (Å²) >= 11 is 4.62. The Kier molecular flexibility index (Phi) is 4.28. The lowest BCUT2D eigenvalue weighted by Gasteiger charge is -2.10. The molecule has 0 saturated carbocycles. The minimum Gasteiger partial charge on any atom is -0.370 e. The van der Waals surface area contributed by atoms with Crippen LogP contribution in [0.1, 0.15) is 23.0 Å². The topological polar surface area (TPSA) is 72.2 Å². The molecule has 1 unspecified atom stereocenters. The number of hydrogen-bond donors (Lipinski definition) is 2. The second-order valence-electron chi connectivity index (χ2n) is 3.15. The molecule has 0 fully saturated rings. The van der Waals surface area contributed by atoms with Crippen LogP contribution in [0.5, 0.6) is 0 Å². The van der Waals surface area contributed by atoms with Gasteiger partial charge in [-0.2, -0.15) is 0 Å². The van der Waals surface area contributed by atoms with Gasteiger partial charge in [-0.05, 0) is 35.0 Å². The molecule has 0 spiro atoms. The van der Waals surface area contributed by atoms with Gasteiger partial charge in [0.25, 0.3) is 5.91 Å². The molecule has 2 amide bonds. The maximum Gasteiger partial charge on any atom is 0.261 e. The molecule has 1 aromatic heterocycles. The molecule has 0 aliphatic heterocycles. The van der Waals surface area contributed by atoms with E-state index in [0.717, 1.165) is 3.79 Å². The maximum absolute atomic E-state index is 11.6. The van der Waals surface area contributed by atoms with Crippen LogP contribution >= 0.6 is 27.3 Å². The molecule has 6 heteroatoms. The second kappa shape index (κ2) is 5.27. The van der Waals surface area contributed by atoms with E-state index in [1.165, 1.54) is 11.3 Å². The van der Waals surface area contributed by atoms with Crippen molar-refractivity contribution in [2.45, 2.75) is 19.4 Å². The van der Waals surface area contributed by atoms with E-state index in [4.69, 9.17) is 5.73 Å². The van der Waals surface area contributed by atoms with E-state index in [1.54, 1.807) is 19.1 Å². The number of nitrogens with one attached hydrogen (secondary N) is 1. The first-order valence-electron chi connectivity index (χ1n) is 4.33. The third kappa shape index (κ3) is 4.01. The fourth-order valence-corrected chi connectivity index (χ4v) is 2.37. The van der Waals surface area contributed by atoms with Crippen LogP contribution in [0.3, 0.4) is 0 Å². The number of hydrogen-bond acceptors (Lipinski definition) is 3. The van der Waals surface area contributed by atoms with Gasteiger partial charge in [0.05, 0.1) is 8.66 Å². The molecule has 82 valence electrons. The van der Waals surface area contributed by atoms with Gasteiger partial charge in [0.2, 0.25) is 5.91 Å². The molecule has 15 heavy (non-hydrogen) atoms. The van der Waals surface area contributed by atoms with Crippen LogP contribution in [0.4, 0.5) is 0 Å². The van der Waals surface area contributed by atoms with E-state index in [1.807, 2.05) is 0 Å². The summed E-state index contributed by atoms with van der Waals surface area (Å²) in [6, 6.07) is 3.29. The van der Waals surface area contributed by atoms with Crippen molar-refractivity contribution in [3.05, 3.63) is 20.8 Å². The Morgan fingerprint density at radius 1 is 1.60 bits per heavy atom. The molecule has 1 aromatic rings. The Labute approximate surface area is 100.0 Å². The van der Waals surface area contributed by atoms with Crippen LogP contribution < -0.4 is 11.1 Å². The quantitative estimate of drug-likeness (QED) is 0.882. The summed E-state index contributed by atoms with van der Waals surface area (Å²) < 4.78 is 0.898. The number of halogens is 1. The van der Waals surface area contributed by atoms with Gasteiger partial charge in [-0.1, -0.05) is 0 Å². The molecule has 0 radical (unpaired) electrons. The van der Waals surface area contributed by atoms with E-state index >= 15 is 0 Å². The molecule has 0 aromatic carbocycles. The number of carbonyl (C=O) groups excluding carboxylic acids is 2. The van der Waals surface area contributed by atoms with Crippen molar-refractivity contribution in [2.75, 3.05) is 0 Å². The highest BCUT2D eigenvalue weighted by Gasteiger charge is 2.12. The molecule has 1 heterocycles. The highest BCUT2D eigenvalue weighted by Crippen LogP contribution is 2.21. The third-order valence-electron chi connectivity index (χ3n) is 1.68. The smallest absolute Gasteiger partial charge is 0.261 e. The Hall–Kier alpha value is -0.880. The van der Waals surface area contributed by atoms with Crippen LogP contribution in [0.25, 0.3) is 0 Å². The molecule has 4 nitrogen and oxygen atoms in total. The van der Waals surface area contributed by atoms with Crippen LogP contribution in [0, 0.1) is 0 Å². The number of rotatable bonds is 4. The molecular formula is C9H11BrN2O2S. The predicted molar refractivity (Wildman–Crippen MR) is 62.8 cm³/mol. The van der Waals surface area contributed by atoms with Crippen LogP contribution in [-0.2, 0) is 4.79 Å². The van der Waals surface area contributed by atoms with Gasteiger partial charge in [-0.25, -0.2) is 0 Å². The van der Waals surface area contributed by atoms with E-state index in [-0.39, 0.29) is 18.4 Å². The van der Waals surface area contributed by atoms with Gasteiger partial charge >= 0.3 is 0 Å². The Balaban J connectivity index is 2.52. The van der Waals surface area contributed by atoms with Crippen molar-refractivity contribution in [3.63, 3.8) is 0 Å². The lowest BCUT2D eigenvalue weighted by molar-refractivity contribution is -0.118. The van der Waals surface area contributed by atoms with E-state index in [9.17, 15) is 9.59 Å². The SMILES string of the molecule is CC(CC(N)=O)NC(=O)c1ccc(Br)s1. The average Bonchev–Trinajstić information content (AvgIpc) is 2.49.